The fraction of sp³-hybridized carbons (Fsp3) is 0.120. The van der Waals surface area contributed by atoms with Gasteiger partial charge in [0.05, 0.1) is 25.8 Å². The van der Waals surface area contributed by atoms with E-state index in [9.17, 15) is 9.90 Å². The molecule has 1 heterocycles. The predicted octanol–water partition coefficient (Wildman–Crippen LogP) is 4.35. The second-order valence-corrected chi connectivity index (χ2v) is 7.12. The number of nitrogens with zero attached hydrogens (tertiary/aromatic N) is 2. The molecule has 0 atom stereocenters. The van der Waals surface area contributed by atoms with Crippen LogP contribution in [0.25, 0.3) is 11.3 Å². The Morgan fingerprint density at radius 2 is 1.77 bits per heavy atom. The summed E-state index contributed by atoms with van der Waals surface area (Å²) in [6.07, 6.45) is 1.76. The minimum absolute atomic E-state index is 0.0895. The van der Waals surface area contributed by atoms with E-state index < -0.39 is 0 Å². The van der Waals surface area contributed by atoms with Crippen molar-refractivity contribution in [1.29, 1.82) is 0 Å². The van der Waals surface area contributed by atoms with Gasteiger partial charge in [-0.05, 0) is 35.4 Å². The minimum Gasteiger partial charge on any atom is -0.497 e. The van der Waals surface area contributed by atoms with Gasteiger partial charge in [0, 0.05) is 17.4 Å². The Hall–Kier alpha value is -3.90. The highest BCUT2D eigenvalue weighted by molar-refractivity contribution is 6.08. The largest absolute Gasteiger partial charge is 0.497 e. The van der Waals surface area contributed by atoms with Crippen LogP contribution in [0.4, 0.5) is 5.69 Å². The van der Waals surface area contributed by atoms with Gasteiger partial charge in [0.15, 0.2) is 0 Å². The van der Waals surface area contributed by atoms with Crippen molar-refractivity contribution in [3.05, 3.63) is 102 Å². The van der Waals surface area contributed by atoms with Crippen LogP contribution in [0.5, 0.6) is 5.75 Å². The van der Waals surface area contributed by atoms with Crippen LogP contribution in [0, 0.1) is 0 Å². The van der Waals surface area contributed by atoms with E-state index in [1.807, 2.05) is 54.6 Å². The number of carbonyl (C=O) groups excluding carboxylic acids is 1. The molecule has 6 heteroatoms. The van der Waals surface area contributed by atoms with E-state index in [0.29, 0.717) is 29.2 Å². The van der Waals surface area contributed by atoms with Crippen LogP contribution < -0.4 is 10.1 Å². The molecule has 0 aliphatic rings. The number of aliphatic hydroxyl groups excluding tert-OH is 1. The summed E-state index contributed by atoms with van der Waals surface area (Å²) in [7, 11) is 1.61. The van der Waals surface area contributed by atoms with Crippen molar-refractivity contribution >= 4 is 11.6 Å². The zero-order valence-corrected chi connectivity index (χ0v) is 17.2. The van der Waals surface area contributed by atoms with Gasteiger partial charge < -0.3 is 15.2 Å². The molecule has 0 aliphatic carbocycles. The first-order chi connectivity index (χ1) is 15.2. The fourth-order valence-corrected chi connectivity index (χ4v) is 3.37. The van der Waals surface area contributed by atoms with Gasteiger partial charge in [0.25, 0.3) is 5.91 Å². The van der Waals surface area contributed by atoms with Crippen LogP contribution >= 0.6 is 0 Å². The molecule has 156 valence electrons. The molecule has 4 rings (SSSR count). The second kappa shape index (κ2) is 9.28. The molecule has 2 N–H and O–H groups in total. The Labute approximate surface area is 180 Å². The van der Waals surface area contributed by atoms with E-state index in [-0.39, 0.29) is 12.5 Å². The number of rotatable bonds is 7. The van der Waals surface area contributed by atoms with E-state index in [2.05, 4.69) is 5.32 Å². The molecule has 0 spiro atoms. The number of hydrogen-bond donors (Lipinski definition) is 2. The molecule has 4 aromatic rings. The third-order valence-corrected chi connectivity index (χ3v) is 4.90. The lowest BCUT2D eigenvalue weighted by molar-refractivity contribution is 0.102. The lowest BCUT2D eigenvalue weighted by Gasteiger charge is -2.07. The summed E-state index contributed by atoms with van der Waals surface area (Å²) in [5, 5.41) is 17.0. The molecule has 0 fully saturated rings. The SMILES string of the molecule is COc1cccc(-c2nn(Cc3ccccc3)cc2C(=O)Nc2cccc(CO)c2)c1. The van der Waals surface area contributed by atoms with Crippen molar-refractivity contribution in [3.8, 4) is 17.0 Å². The molecule has 6 nitrogen and oxygen atoms in total. The number of benzene rings is 3. The van der Waals surface area contributed by atoms with Crippen molar-refractivity contribution in [2.45, 2.75) is 13.2 Å². The maximum absolute atomic E-state index is 13.2. The maximum atomic E-state index is 13.2. The number of aliphatic hydroxyl groups is 1. The summed E-state index contributed by atoms with van der Waals surface area (Å²) in [4.78, 5) is 13.2. The van der Waals surface area contributed by atoms with E-state index >= 15 is 0 Å². The first-order valence-corrected chi connectivity index (χ1v) is 9.93. The van der Waals surface area contributed by atoms with Crippen molar-refractivity contribution in [2.24, 2.45) is 0 Å². The highest BCUT2D eigenvalue weighted by atomic mass is 16.5. The highest BCUT2D eigenvalue weighted by Crippen LogP contribution is 2.27. The average molecular weight is 413 g/mol. The van der Waals surface area contributed by atoms with Crippen molar-refractivity contribution in [3.63, 3.8) is 0 Å². The van der Waals surface area contributed by atoms with Crippen LogP contribution in [0.1, 0.15) is 21.5 Å². The first kappa shape index (κ1) is 20.4. The molecule has 3 aromatic carbocycles. The molecule has 0 radical (unpaired) electrons. The highest BCUT2D eigenvalue weighted by Gasteiger charge is 2.19. The number of anilines is 1. The van der Waals surface area contributed by atoms with Gasteiger partial charge in [0.1, 0.15) is 11.4 Å². The van der Waals surface area contributed by atoms with Gasteiger partial charge in [-0.1, -0.05) is 54.6 Å². The Kier molecular flexibility index (Phi) is 6.10. The molecule has 0 bridgehead atoms. The Balaban J connectivity index is 1.70. The fourth-order valence-electron chi connectivity index (χ4n) is 3.37. The molecule has 0 aliphatic heterocycles. The third-order valence-electron chi connectivity index (χ3n) is 4.90. The van der Waals surface area contributed by atoms with E-state index in [1.165, 1.54) is 0 Å². The average Bonchev–Trinajstić information content (AvgIpc) is 3.24. The molecule has 0 unspecified atom stereocenters. The zero-order valence-electron chi connectivity index (χ0n) is 17.2. The molecule has 0 saturated carbocycles. The molecular weight excluding hydrogens is 390 g/mol. The summed E-state index contributed by atoms with van der Waals surface area (Å²) in [5.74, 6) is 0.421. The van der Waals surface area contributed by atoms with E-state index in [4.69, 9.17) is 9.84 Å². The molecule has 31 heavy (non-hydrogen) atoms. The number of nitrogens with one attached hydrogen (secondary N) is 1. The summed E-state index contributed by atoms with van der Waals surface area (Å²) in [5.41, 5.74) is 4.25. The summed E-state index contributed by atoms with van der Waals surface area (Å²) in [6, 6.07) is 24.6. The topological polar surface area (TPSA) is 76.4 Å². The van der Waals surface area contributed by atoms with Crippen molar-refractivity contribution < 1.29 is 14.6 Å². The minimum atomic E-state index is -0.271. The number of aromatic nitrogens is 2. The Morgan fingerprint density at radius 3 is 2.55 bits per heavy atom. The third kappa shape index (κ3) is 4.82. The lowest BCUT2D eigenvalue weighted by Crippen LogP contribution is -2.12. The van der Waals surface area contributed by atoms with Gasteiger partial charge in [0.2, 0.25) is 0 Å². The number of carbonyl (C=O) groups is 1. The smallest absolute Gasteiger partial charge is 0.259 e. The monoisotopic (exact) mass is 413 g/mol. The second-order valence-electron chi connectivity index (χ2n) is 7.12. The Morgan fingerprint density at radius 1 is 1.00 bits per heavy atom. The molecule has 1 aromatic heterocycles. The van der Waals surface area contributed by atoms with Gasteiger partial charge in [-0.15, -0.1) is 0 Å². The summed E-state index contributed by atoms with van der Waals surface area (Å²) in [6.45, 7) is 0.457. The Bertz CT molecular complexity index is 1190. The maximum Gasteiger partial charge on any atom is 0.259 e. The first-order valence-electron chi connectivity index (χ1n) is 9.93. The summed E-state index contributed by atoms with van der Waals surface area (Å²) < 4.78 is 7.11. The van der Waals surface area contributed by atoms with Crippen LogP contribution in [-0.2, 0) is 13.2 Å². The van der Waals surface area contributed by atoms with Crippen molar-refractivity contribution in [1.82, 2.24) is 9.78 Å². The van der Waals surface area contributed by atoms with E-state index in [0.717, 1.165) is 16.7 Å². The van der Waals surface area contributed by atoms with Crippen LogP contribution in [-0.4, -0.2) is 27.9 Å². The standard InChI is InChI=1S/C25H23N3O3/c1-31-22-12-6-10-20(14-22)24-23(16-28(27-24)15-18-7-3-2-4-8-18)25(30)26-21-11-5-9-19(13-21)17-29/h2-14,16,29H,15,17H2,1H3,(H,26,30). The number of amides is 1. The molecular formula is C25H23N3O3. The normalized spacial score (nSPS) is 10.6. The number of ether oxygens (including phenoxy) is 1. The van der Waals surface area contributed by atoms with Crippen LogP contribution in [0.15, 0.2) is 85.1 Å². The molecule has 1 amide bonds. The molecule has 0 saturated heterocycles. The van der Waals surface area contributed by atoms with Crippen molar-refractivity contribution in [2.75, 3.05) is 12.4 Å². The number of methoxy groups -OCH3 is 1. The van der Waals surface area contributed by atoms with Gasteiger partial charge in [-0.25, -0.2) is 0 Å². The van der Waals surface area contributed by atoms with Crippen LogP contribution in [0.2, 0.25) is 0 Å². The lowest BCUT2D eigenvalue weighted by atomic mass is 10.1. The predicted molar refractivity (Wildman–Crippen MR) is 120 cm³/mol. The van der Waals surface area contributed by atoms with Gasteiger partial charge >= 0.3 is 0 Å². The zero-order chi connectivity index (χ0) is 21.6. The van der Waals surface area contributed by atoms with Gasteiger partial charge in [-0.3, -0.25) is 9.48 Å². The van der Waals surface area contributed by atoms with E-state index in [1.54, 1.807) is 42.3 Å². The summed E-state index contributed by atoms with van der Waals surface area (Å²) >= 11 is 0. The number of hydrogen-bond acceptors (Lipinski definition) is 4. The van der Waals surface area contributed by atoms with Gasteiger partial charge in [-0.2, -0.15) is 5.10 Å². The van der Waals surface area contributed by atoms with Crippen LogP contribution in [0.3, 0.4) is 0 Å². The quantitative estimate of drug-likeness (QED) is 0.472.